The van der Waals surface area contributed by atoms with Gasteiger partial charge >= 0.3 is 6.09 Å². The summed E-state index contributed by atoms with van der Waals surface area (Å²) in [6.07, 6.45) is 1.45. The Morgan fingerprint density at radius 3 is 2.24 bits per heavy atom. The summed E-state index contributed by atoms with van der Waals surface area (Å²) in [6, 6.07) is -0.315. The minimum Gasteiger partial charge on any atom is -0.453 e. The van der Waals surface area contributed by atoms with Crippen molar-refractivity contribution in [3.63, 3.8) is 0 Å². The van der Waals surface area contributed by atoms with Crippen LogP contribution in [-0.2, 0) is 9.53 Å². The van der Waals surface area contributed by atoms with Gasteiger partial charge in [-0.05, 0) is 38.5 Å². The first-order valence-electron chi connectivity index (χ1n) is 7.79. The zero-order chi connectivity index (χ0) is 16.4. The van der Waals surface area contributed by atoms with Crippen molar-refractivity contribution in [1.82, 2.24) is 10.2 Å². The fourth-order valence-electron chi connectivity index (χ4n) is 3.14. The molecule has 0 aromatic rings. The second-order valence-corrected chi connectivity index (χ2v) is 7.23. The first-order chi connectivity index (χ1) is 9.61. The van der Waals surface area contributed by atoms with Crippen LogP contribution in [0.5, 0.6) is 0 Å². The largest absolute Gasteiger partial charge is 0.453 e. The van der Waals surface area contributed by atoms with Crippen molar-refractivity contribution in [3.8, 4) is 0 Å². The van der Waals surface area contributed by atoms with E-state index in [-0.39, 0.29) is 23.4 Å². The van der Waals surface area contributed by atoms with Gasteiger partial charge in [-0.3, -0.25) is 4.79 Å². The van der Waals surface area contributed by atoms with Crippen LogP contribution in [0.3, 0.4) is 0 Å². The van der Waals surface area contributed by atoms with Gasteiger partial charge in [0, 0.05) is 11.6 Å². The van der Waals surface area contributed by atoms with E-state index < -0.39 is 12.1 Å². The Kier molecular flexibility index (Phi) is 5.65. The van der Waals surface area contributed by atoms with Crippen LogP contribution in [0.4, 0.5) is 4.79 Å². The Labute approximate surface area is 128 Å². The highest BCUT2D eigenvalue weighted by molar-refractivity contribution is 5.87. The van der Waals surface area contributed by atoms with Crippen LogP contribution in [0.15, 0.2) is 0 Å². The smallest absolute Gasteiger partial charge is 0.407 e. The van der Waals surface area contributed by atoms with Gasteiger partial charge in [0.05, 0.1) is 7.11 Å². The highest BCUT2D eigenvalue weighted by Gasteiger charge is 2.46. The van der Waals surface area contributed by atoms with Gasteiger partial charge in [-0.25, -0.2) is 4.79 Å². The van der Waals surface area contributed by atoms with E-state index >= 15 is 0 Å². The second-order valence-electron chi connectivity index (χ2n) is 7.23. The maximum Gasteiger partial charge on any atom is 0.407 e. The third kappa shape index (κ3) is 3.89. The van der Waals surface area contributed by atoms with E-state index in [0.717, 1.165) is 12.8 Å². The van der Waals surface area contributed by atoms with Gasteiger partial charge in [-0.2, -0.15) is 0 Å². The first kappa shape index (κ1) is 17.8. The molecule has 1 unspecified atom stereocenters. The molecule has 0 bridgehead atoms. The molecule has 5 nitrogen and oxygen atoms in total. The monoisotopic (exact) mass is 298 g/mol. The zero-order valence-corrected chi connectivity index (χ0v) is 14.4. The number of amides is 2. The van der Waals surface area contributed by atoms with Crippen LogP contribution in [0.25, 0.3) is 0 Å². The number of ether oxygens (including phenoxy) is 1. The number of methoxy groups -OCH3 is 1. The number of nitrogens with zero attached hydrogens (tertiary/aromatic N) is 1. The van der Waals surface area contributed by atoms with E-state index in [9.17, 15) is 9.59 Å². The Balaban J connectivity index is 3.02. The third-order valence-corrected chi connectivity index (χ3v) is 4.43. The highest BCUT2D eigenvalue weighted by Crippen LogP contribution is 2.37. The maximum absolute atomic E-state index is 13.0. The van der Waals surface area contributed by atoms with E-state index in [1.807, 2.05) is 18.7 Å². The van der Waals surface area contributed by atoms with E-state index in [2.05, 4.69) is 37.7 Å². The Morgan fingerprint density at radius 2 is 1.81 bits per heavy atom. The molecule has 0 radical (unpaired) electrons. The lowest BCUT2D eigenvalue weighted by molar-refractivity contribution is -0.141. The molecule has 1 fully saturated rings. The molecule has 122 valence electrons. The minimum absolute atomic E-state index is 0.00315. The fourth-order valence-corrected chi connectivity index (χ4v) is 3.14. The number of carbonyl (C=O) groups is 2. The van der Waals surface area contributed by atoms with Crippen molar-refractivity contribution in [1.29, 1.82) is 0 Å². The van der Waals surface area contributed by atoms with Crippen LogP contribution < -0.4 is 5.32 Å². The van der Waals surface area contributed by atoms with E-state index in [1.54, 1.807) is 0 Å². The lowest BCUT2D eigenvalue weighted by Crippen LogP contribution is -2.58. The van der Waals surface area contributed by atoms with Crippen molar-refractivity contribution in [2.45, 2.75) is 72.0 Å². The fraction of sp³-hybridized carbons (Fsp3) is 0.875. The summed E-state index contributed by atoms with van der Waals surface area (Å²) >= 11 is 0. The van der Waals surface area contributed by atoms with Gasteiger partial charge < -0.3 is 15.0 Å². The van der Waals surface area contributed by atoms with Crippen molar-refractivity contribution in [2.24, 2.45) is 11.8 Å². The van der Waals surface area contributed by atoms with Crippen LogP contribution in [0, 0.1) is 11.8 Å². The Bertz CT molecular complexity index is 391. The molecule has 21 heavy (non-hydrogen) atoms. The third-order valence-electron chi connectivity index (χ3n) is 4.43. The van der Waals surface area contributed by atoms with Gasteiger partial charge in [0.2, 0.25) is 5.91 Å². The summed E-state index contributed by atoms with van der Waals surface area (Å²) in [4.78, 5) is 26.5. The molecule has 0 saturated carbocycles. The average molecular weight is 298 g/mol. The number of likely N-dealkylation sites (tertiary alicyclic amines) is 1. The number of hydrogen-bond donors (Lipinski definition) is 1. The summed E-state index contributed by atoms with van der Waals surface area (Å²) in [5.41, 5.74) is -0.170. The lowest BCUT2D eigenvalue weighted by atomic mass is 9.97. The number of nitrogens with one attached hydrogen (secondary N) is 1. The van der Waals surface area contributed by atoms with Gasteiger partial charge in [0.15, 0.2) is 0 Å². The number of alkyl carbamates (subject to hydrolysis) is 1. The molecule has 1 aliphatic heterocycles. The molecule has 1 rings (SSSR count). The molecule has 0 aromatic heterocycles. The predicted molar refractivity (Wildman–Crippen MR) is 83.0 cm³/mol. The van der Waals surface area contributed by atoms with Gasteiger partial charge in [0.25, 0.3) is 0 Å². The van der Waals surface area contributed by atoms with Gasteiger partial charge in [0.1, 0.15) is 6.04 Å². The molecular weight excluding hydrogens is 268 g/mol. The topological polar surface area (TPSA) is 58.6 Å². The molecule has 1 saturated heterocycles. The quantitative estimate of drug-likeness (QED) is 0.868. The standard InChI is InChI=1S/C16H30N2O3/c1-10(2)12-8-9-16(5,6)18(12)14(19)13(11(3)4)17-15(20)21-7/h10-13H,8-9H2,1-7H3,(H,17,20)/t12?,13-/m0/s1. The molecule has 5 heteroatoms. The van der Waals surface area contributed by atoms with E-state index in [4.69, 9.17) is 0 Å². The molecular formula is C16H30N2O3. The van der Waals surface area contributed by atoms with Crippen molar-refractivity contribution in [3.05, 3.63) is 0 Å². The minimum atomic E-state index is -0.555. The molecule has 0 spiro atoms. The lowest BCUT2D eigenvalue weighted by Gasteiger charge is -2.40. The number of rotatable bonds is 4. The van der Waals surface area contributed by atoms with Crippen molar-refractivity contribution < 1.29 is 14.3 Å². The molecule has 2 amide bonds. The van der Waals surface area contributed by atoms with Gasteiger partial charge in [-0.1, -0.05) is 27.7 Å². The van der Waals surface area contributed by atoms with Crippen LogP contribution >= 0.6 is 0 Å². The molecule has 2 atom stereocenters. The zero-order valence-electron chi connectivity index (χ0n) is 14.4. The molecule has 1 aliphatic rings. The van der Waals surface area contributed by atoms with Crippen molar-refractivity contribution in [2.75, 3.05) is 7.11 Å². The summed E-state index contributed by atoms with van der Waals surface area (Å²) in [5.74, 6) is 0.416. The van der Waals surface area contributed by atoms with Crippen molar-refractivity contribution >= 4 is 12.0 Å². The summed E-state index contributed by atoms with van der Waals surface area (Å²) in [6.45, 7) is 12.4. The summed E-state index contributed by atoms with van der Waals surface area (Å²) in [7, 11) is 1.31. The van der Waals surface area contributed by atoms with Crippen LogP contribution in [-0.4, -0.2) is 41.6 Å². The number of hydrogen-bond acceptors (Lipinski definition) is 3. The van der Waals surface area contributed by atoms with E-state index in [1.165, 1.54) is 7.11 Å². The SMILES string of the molecule is COC(=O)N[C@H](C(=O)N1C(C(C)C)CCC1(C)C)C(C)C. The average Bonchev–Trinajstić information content (AvgIpc) is 2.70. The molecule has 1 N–H and O–H groups in total. The summed E-state index contributed by atoms with van der Waals surface area (Å²) < 4.78 is 4.65. The second kappa shape index (κ2) is 6.67. The normalized spacial score (nSPS) is 22.5. The highest BCUT2D eigenvalue weighted by atomic mass is 16.5. The summed E-state index contributed by atoms with van der Waals surface area (Å²) in [5, 5.41) is 2.69. The van der Waals surface area contributed by atoms with Gasteiger partial charge in [-0.15, -0.1) is 0 Å². The van der Waals surface area contributed by atoms with Crippen LogP contribution in [0.2, 0.25) is 0 Å². The maximum atomic E-state index is 13.0. The molecule has 1 heterocycles. The number of carbonyl (C=O) groups excluding carboxylic acids is 2. The Morgan fingerprint density at radius 1 is 1.24 bits per heavy atom. The van der Waals surface area contributed by atoms with Crippen LogP contribution in [0.1, 0.15) is 54.4 Å². The Hall–Kier alpha value is -1.26. The predicted octanol–water partition coefficient (Wildman–Crippen LogP) is 2.79. The first-order valence-corrected chi connectivity index (χ1v) is 7.79. The van der Waals surface area contributed by atoms with E-state index in [0.29, 0.717) is 5.92 Å². The molecule has 0 aliphatic carbocycles. The molecule has 0 aromatic carbocycles.